The number of carbonyl (C=O) groups is 1. The number of rotatable bonds is 5. The summed E-state index contributed by atoms with van der Waals surface area (Å²) in [5.41, 5.74) is 6.84. The van der Waals surface area contributed by atoms with Crippen LogP contribution in [0, 0.1) is 5.92 Å². The Hall–Kier alpha value is -2.08. The highest BCUT2D eigenvalue weighted by Gasteiger charge is 2.24. The van der Waals surface area contributed by atoms with Crippen molar-refractivity contribution >= 4 is 11.9 Å². The normalized spacial score (nSPS) is 18.5. The van der Waals surface area contributed by atoms with E-state index < -0.39 is 5.91 Å². The molecule has 0 spiro atoms. The second kappa shape index (κ2) is 7.79. The Morgan fingerprint density at radius 3 is 2.77 bits per heavy atom. The Morgan fingerprint density at radius 1 is 1.45 bits per heavy atom. The molecular weight excluding hydrogens is 280 g/mol. The molecule has 0 aliphatic carbocycles. The number of carbonyl (C=O) groups excluding carboxylic acids is 1. The van der Waals surface area contributed by atoms with Gasteiger partial charge in [-0.25, -0.2) is 0 Å². The predicted octanol–water partition coefficient (Wildman–Crippen LogP) is 0.829. The average Bonchev–Trinajstić information content (AvgIpc) is 2.97. The van der Waals surface area contributed by atoms with Gasteiger partial charge in [0, 0.05) is 45.3 Å². The van der Waals surface area contributed by atoms with Crippen LogP contribution in [-0.4, -0.2) is 50.6 Å². The number of amides is 1. The summed E-state index contributed by atoms with van der Waals surface area (Å²) in [5.74, 6) is 1.06. The molecule has 1 aliphatic rings. The third-order valence-electron chi connectivity index (χ3n) is 3.89. The van der Waals surface area contributed by atoms with Gasteiger partial charge in [0.25, 0.3) is 0 Å². The lowest BCUT2D eigenvalue weighted by Gasteiger charge is -2.21. The van der Waals surface area contributed by atoms with Gasteiger partial charge in [0.15, 0.2) is 5.96 Å². The number of nitrogens with zero attached hydrogens (tertiary/aromatic N) is 2. The largest absolute Gasteiger partial charge is 0.384 e. The summed E-state index contributed by atoms with van der Waals surface area (Å²) in [7, 11) is 3.54. The van der Waals surface area contributed by atoms with E-state index >= 15 is 0 Å². The molecule has 1 heterocycles. The first-order valence-corrected chi connectivity index (χ1v) is 7.47. The lowest BCUT2D eigenvalue weighted by molar-refractivity contribution is 0.100. The maximum atomic E-state index is 11.1. The Kier molecular flexibility index (Phi) is 5.77. The fraction of sp³-hybridized carbons (Fsp3) is 0.500. The van der Waals surface area contributed by atoms with Crippen molar-refractivity contribution in [3.63, 3.8) is 0 Å². The Morgan fingerprint density at radius 2 is 2.18 bits per heavy atom. The van der Waals surface area contributed by atoms with Crippen LogP contribution < -0.4 is 11.1 Å². The minimum Gasteiger partial charge on any atom is -0.384 e. The van der Waals surface area contributed by atoms with Crippen molar-refractivity contribution in [1.82, 2.24) is 10.2 Å². The van der Waals surface area contributed by atoms with Crippen LogP contribution in [0.4, 0.5) is 0 Å². The van der Waals surface area contributed by atoms with E-state index in [1.165, 1.54) is 0 Å². The predicted molar refractivity (Wildman–Crippen MR) is 86.7 cm³/mol. The van der Waals surface area contributed by atoms with Gasteiger partial charge in [-0.2, -0.15) is 0 Å². The summed E-state index contributed by atoms with van der Waals surface area (Å²) < 4.78 is 5.22. The fourth-order valence-electron chi connectivity index (χ4n) is 2.70. The van der Waals surface area contributed by atoms with E-state index in [4.69, 9.17) is 10.5 Å². The van der Waals surface area contributed by atoms with Gasteiger partial charge in [-0.1, -0.05) is 12.1 Å². The molecule has 1 amide bonds. The van der Waals surface area contributed by atoms with E-state index in [0.29, 0.717) is 18.0 Å². The molecule has 6 heteroatoms. The molecule has 0 saturated carbocycles. The zero-order chi connectivity index (χ0) is 15.9. The molecular formula is C16H24N4O2. The molecule has 0 aromatic heterocycles. The summed E-state index contributed by atoms with van der Waals surface area (Å²) in [5, 5.41) is 3.36. The van der Waals surface area contributed by atoms with Crippen molar-refractivity contribution in [3.05, 3.63) is 35.4 Å². The highest BCUT2D eigenvalue weighted by molar-refractivity contribution is 5.92. The monoisotopic (exact) mass is 304 g/mol. The SMILES string of the molecule is CN=C(NCc1ccc(C(N)=O)cc1)N1CCC(COC)C1. The number of methoxy groups -OCH3 is 1. The molecule has 3 N–H and O–H groups in total. The summed E-state index contributed by atoms with van der Waals surface area (Å²) in [4.78, 5) is 17.6. The maximum absolute atomic E-state index is 11.1. The highest BCUT2D eigenvalue weighted by Crippen LogP contribution is 2.16. The molecule has 1 aromatic rings. The first-order valence-electron chi connectivity index (χ1n) is 7.47. The van der Waals surface area contributed by atoms with Gasteiger partial charge >= 0.3 is 0 Å². The van der Waals surface area contributed by atoms with Crippen molar-refractivity contribution in [1.29, 1.82) is 0 Å². The molecule has 2 rings (SSSR count). The van der Waals surface area contributed by atoms with Gasteiger partial charge in [-0.05, 0) is 24.1 Å². The molecule has 1 aliphatic heterocycles. The summed E-state index contributed by atoms with van der Waals surface area (Å²) in [6, 6.07) is 7.29. The first-order chi connectivity index (χ1) is 10.6. The van der Waals surface area contributed by atoms with E-state index in [0.717, 1.165) is 37.6 Å². The molecule has 1 unspecified atom stereocenters. The highest BCUT2D eigenvalue weighted by atomic mass is 16.5. The minimum absolute atomic E-state index is 0.406. The van der Waals surface area contributed by atoms with E-state index in [2.05, 4.69) is 15.2 Å². The number of aliphatic imine (C=N–C) groups is 1. The van der Waals surface area contributed by atoms with Crippen molar-refractivity contribution in [2.45, 2.75) is 13.0 Å². The van der Waals surface area contributed by atoms with E-state index in [9.17, 15) is 4.79 Å². The van der Waals surface area contributed by atoms with Gasteiger partial charge in [0.2, 0.25) is 5.91 Å². The quantitative estimate of drug-likeness (QED) is 0.624. The molecule has 22 heavy (non-hydrogen) atoms. The fourth-order valence-corrected chi connectivity index (χ4v) is 2.70. The van der Waals surface area contributed by atoms with Crippen molar-refractivity contribution in [2.24, 2.45) is 16.6 Å². The molecule has 0 radical (unpaired) electrons. The Labute approximate surface area is 131 Å². The van der Waals surface area contributed by atoms with Crippen LogP contribution in [0.1, 0.15) is 22.3 Å². The molecule has 120 valence electrons. The van der Waals surface area contributed by atoms with Crippen LogP contribution in [-0.2, 0) is 11.3 Å². The number of primary amides is 1. The summed E-state index contributed by atoms with van der Waals surface area (Å²) in [6.07, 6.45) is 1.13. The van der Waals surface area contributed by atoms with Crippen LogP contribution in [0.15, 0.2) is 29.3 Å². The zero-order valence-corrected chi connectivity index (χ0v) is 13.2. The summed E-state index contributed by atoms with van der Waals surface area (Å²) >= 11 is 0. The van der Waals surface area contributed by atoms with E-state index in [1.807, 2.05) is 12.1 Å². The van der Waals surface area contributed by atoms with Crippen molar-refractivity contribution < 1.29 is 9.53 Å². The van der Waals surface area contributed by atoms with Gasteiger partial charge in [0.1, 0.15) is 0 Å². The molecule has 6 nitrogen and oxygen atoms in total. The smallest absolute Gasteiger partial charge is 0.248 e. The number of hydrogen-bond acceptors (Lipinski definition) is 3. The number of hydrogen-bond donors (Lipinski definition) is 2. The van der Waals surface area contributed by atoms with Crippen molar-refractivity contribution in [2.75, 3.05) is 33.9 Å². The third kappa shape index (κ3) is 4.21. The topological polar surface area (TPSA) is 79.9 Å². The van der Waals surface area contributed by atoms with Gasteiger partial charge in [-0.15, -0.1) is 0 Å². The average molecular weight is 304 g/mol. The Bertz CT molecular complexity index is 527. The zero-order valence-electron chi connectivity index (χ0n) is 13.2. The number of likely N-dealkylation sites (tertiary alicyclic amines) is 1. The number of benzene rings is 1. The Balaban J connectivity index is 1.88. The molecule has 1 aromatic carbocycles. The van der Waals surface area contributed by atoms with Crippen LogP contribution >= 0.6 is 0 Å². The summed E-state index contributed by atoms with van der Waals surface area (Å²) in [6.45, 7) is 3.42. The van der Waals surface area contributed by atoms with E-state index in [-0.39, 0.29) is 0 Å². The van der Waals surface area contributed by atoms with Crippen LogP contribution in [0.25, 0.3) is 0 Å². The minimum atomic E-state index is -0.406. The number of nitrogens with two attached hydrogens (primary N) is 1. The third-order valence-corrected chi connectivity index (χ3v) is 3.89. The second-order valence-corrected chi connectivity index (χ2v) is 5.52. The molecule has 1 fully saturated rings. The second-order valence-electron chi connectivity index (χ2n) is 5.52. The van der Waals surface area contributed by atoms with E-state index in [1.54, 1.807) is 26.3 Å². The van der Waals surface area contributed by atoms with Gasteiger partial charge < -0.3 is 20.7 Å². The van der Waals surface area contributed by atoms with Gasteiger partial charge in [-0.3, -0.25) is 9.79 Å². The van der Waals surface area contributed by atoms with Crippen LogP contribution in [0.2, 0.25) is 0 Å². The molecule has 1 atom stereocenters. The lowest BCUT2D eigenvalue weighted by atomic mass is 10.1. The first kappa shape index (κ1) is 16.3. The molecule has 0 bridgehead atoms. The van der Waals surface area contributed by atoms with Crippen molar-refractivity contribution in [3.8, 4) is 0 Å². The standard InChI is InChI=1S/C16H24N4O2/c1-18-16(20-8-7-13(10-20)11-22-2)19-9-12-3-5-14(6-4-12)15(17)21/h3-6,13H,7-11H2,1-2H3,(H2,17,21)(H,18,19). The number of guanidine groups is 1. The van der Waals surface area contributed by atoms with Crippen LogP contribution in [0.5, 0.6) is 0 Å². The number of nitrogens with one attached hydrogen (secondary N) is 1. The lowest BCUT2D eigenvalue weighted by Crippen LogP contribution is -2.39. The number of ether oxygens (including phenoxy) is 1. The maximum Gasteiger partial charge on any atom is 0.248 e. The van der Waals surface area contributed by atoms with Gasteiger partial charge in [0.05, 0.1) is 6.61 Å². The molecule has 1 saturated heterocycles. The van der Waals surface area contributed by atoms with Crippen LogP contribution in [0.3, 0.4) is 0 Å².